The molecule has 0 bridgehead atoms. The van der Waals surface area contributed by atoms with Gasteiger partial charge < -0.3 is 15.2 Å². The first kappa shape index (κ1) is 15.2. The van der Waals surface area contributed by atoms with Gasteiger partial charge in [-0.2, -0.15) is 0 Å². The fourth-order valence-electron chi connectivity index (χ4n) is 2.32. The molecule has 0 aromatic heterocycles. The van der Waals surface area contributed by atoms with E-state index in [1.54, 1.807) is 14.2 Å². The number of methoxy groups -OCH3 is 2. The Morgan fingerprint density at radius 2 is 1.67 bits per heavy atom. The van der Waals surface area contributed by atoms with E-state index in [0.717, 1.165) is 35.8 Å². The zero-order valence-electron chi connectivity index (χ0n) is 12.8. The lowest BCUT2D eigenvalue weighted by molar-refractivity contribution is 0.317. The van der Waals surface area contributed by atoms with Gasteiger partial charge in [0.1, 0.15) is 0 Å². The van der Waals surface area contributed by atoms with Crippen molar-refractivity contribution >= 4 is 5.69 Å². The second-order valence-electron chi connectivity index (χ2n) is 5.06. The summed E-state index contributed by atoms with van der Waals surface area (Å²) in [5, 5.41) is 0. The molecular formula is C17H22N2O2. The summed E-state index contributed by atoms with van der Waals surface area (Å²) in [4.78, 5) is 2.22. The number of nitrogens with zero attached hydrogens (tertiary/aromatic N) is 1. The monoisotopic (exact) mass is 286 g/mol. The number of ether oxygens (including phenoxy) is 2. The molecule has 2 rings (SSSR count). The van der Waals surface area contributed by atoms with Crippen LogP contribution >= 0.6 is 0 Å². The molecule has 0 fully saturated rings. The SMILES string of the molecule is COc1ccc(CN(C)Cc2ccccc2N)cc1OC. The topological polar surface area (TPSA) is 47.7 Å². The van der Waals surface area contributed by atoms with E-state index in [2.05, 4.69) is 18.0 Å². The molecule has 2 aromatic carbocycles. The van der Waals surface area contributed by atoms with Gasteiger partial charge in [0.15, 0.2) is 11.5 Å². The maximum Gasteiger partial charge on any atom is 0.161 e. The van der Waals surface area contributed by atoms with Crippen LogP contribution in [0.3, 0.4) is 0 Å². The van der Waals surface area contributed by atoms with Crippen LogP contribution in [0.5, 0.6) is 11.5 Å². The lowest BCUT2D eigenvalue weighted by Gasteiger charge is -2.18. The number of hydrogen-bond acceptors (Lipinski definition) is 4. The van der Waals surface area contributed by atoms with Crippen molar-refractivity contribution in [2.24, 2.45) is 0 Å². The highest BCUT2D eigenvalue weighted by atomic mass is 16.5. The Hall–Kier alpha value is -2.20. The predicted molar refractivity (Wildman–Crippen MR) is 85.6 cm³/mol. The molecule has 2 N–H and O–H groups in total. The minimum absolute atomic E-state index is 0.746. The van der Waals surface area contributed by atoms with Crippen molar-refractivity contribution in [2.45, 2.75) is 13.1 Å². The maximum atomic E-state index is 5.98. The molecule has 0 saturated carbocycles. The van der Waals surface area contributed by atoms with Crippen molar-refractivity contribution in [3.05, 3.63) is 53.6 Å². The number of rotatable bonds is 6. The Labute approximate surface area is 126 Å². The van der Waals surface area contributed by atoms with E-state index in [0.29, 0.717) is 0 Å². The molecule has 4 heteroatoms. The Bertz CT molecular complexity index is 599. The Kier molecular flexibility index (Phi) is 5.06. The van der Waals surface area contributed by atoms with E-state index in [-0.39, 0.29) is 0 Å². The first-order valence-corrected chi connectivity index (χ1v) is 6.87. The van der Waals surface area contributed by atoms with Crippen LogP contribution in [-0.2, 0) is 13.1 Å². The summed E-state index contributed by atoms with van der Waals surface area (Å²) in [6.45, 7) is 1.62. The molecule has 4 nitrogen and oxygen atoms in total. The maximum absolute atomic E-state index is 5.98. The van der Waals surface area contributed by atoms with Crippen LogP contribution in [0, 0.1) is 0 Å². The summed E-state index contributed by atoms with van der Waals surface area (Å²) in [5.74, 6) is 1.50. The molecule has 0 aliphatic heterocycles. The van der Waals surface area contributed by atoms with Crippen LogP contribution in [0.4, 0.5) is 5.69 Å². The Morgan fingerprint density at radius 3 is 2.33 bits per heavy atom. The van der Waals surface area contributed by atoms with Gasteiger partial charge >= 0.3 is 0 Å². The number of hydrogen-bond donors (Lipinski definition) is 1. The largest absolute Gasteiger partial charge is 0.493 e. The van der Waals surface area contributed by atoms with Gasteiger partial charge in [-0.3, -0.25) is 4.90 Å². The van der Waals surface area contributed by atoms with Crippen molar-refractivity contribution in [2.75, 3.05) is 27.0 Å². The molecule has 21 heavy (non-hydrogen) atoms. The average Bonchev–Trinajstić information content (AvgIpc) is 2.49. The van der Waals surface area contributed by atoms with Crippen molar-refractivity contribution in [3.63, 3.8) is 0 Å². The number of nitrogen functional groups attached to an aromatic ring is 1. The van der Waals surface area contributed by atoms with E-state index < -0.39 is 0 Å². The van der Waals surface area contributed by atoms with Crippen LogP contribution in [0.1, 0.15) is 11.1 Å². The Morgan fingerprint density at radius 1 is 0.952 bits per heavy atom. The van der Waals surface area contributed by atoms with Gasteiger partial charge in [-0.05, 0) is 36.4 Å². The first-order chi connectivity index (χ1) is 10.1. The van der Waals surface area contributed by atoms with Crippen molar-refractivity contribution < 1.29 is 9.47 Å². The van der Waals surface area contributed by atoms with Crippen LogP contribution in [-0.4, -0.2) is 26.2 Å². The lowest BCUT2D eigenvalue weighted by Crippen LogP contribution is -2.18. The van der Waals surface area contributed by atoms with Gasteiger partial charge in [0.05, 0.1) is 14.2 Å². The van der Waals surface area contributed by atoms with E-state index in [4.69, 9.17) is 15.2 Å². The molecule has 0 spiro atoms. The zero-order valence-corrected chi connectivity index (χ0v) is 12.8. The second-order valence-corrected chi connectivity index (χ2v) is 5.06. The minimum atomic E-state index is 0.746. The minimum Gasteiger partial charge on any atom is -0.493 e. The summed E-state index contributed by atoms with van der Waals surface area (Å²) >= 11 is 0. The number of nitrogens with two attached hydrogens (primary N) is 1. The number of benzene rings is 2. The van der Waals surface area contributed by atoms with Crippen LogP contribution in [0.15, 0.2) is 42.5 Å². The average molecular weight is 286 g/mol. The standard InChI is InChI=1S/C17H22N2O2/c1-19(12-14-6-4-5-7-15(14)18)11-13-8-9-16(20-2)17(10-13)21-3/h4-10H,11-12,18H2,1-3H3. The normalized spacial score (nSPS) is 10.7. The number of anilines is 1. The molecule has 0 heterocycles. The highest BCUT2D eigenvalue weighted by Crippen LogP contribution is 2.28. The highest BCUT2D eigenvalue weighted by molar-refractivity contribution is 5.46. The van der Waals surface area contributed by atoms with Gasteiger partial charge in [0.25, 0.3) is 0 Å². The highest BCUT2D eigenvalue weighted by Gasteiger charge is 2.08. The molecular weight excluding hydrogens is 264 g/mol. The fourth-order valence-corrected chi connectivity index (χ4v) is 2.32. The number of para-hydroxylation sites is 1. The molecule has 0 amide bonds. The van der Waals surface area contributed by atoms with E-state index >= 15 is 0 Å². The third kappa shape index (κ3) is 3.89. The molecule has 0 aliphatic rings. The van der Waals surface area contributed by atoms with E-state index in [1.807, 2.05) is 36.4 Å². The molecule has 0 unspecified atom stereocenters. The van der Waals surface area contributed by atoms with E-state index in [1.165, 1.54) is 5.56 Å². The summed E-state index contributed by atoms with van der Waals surface area (Å²) < 4.78 is 10.6. The van der Waals surface area contributed by atoms with Gasteiger partial charge in [-0.25, -0.2) is 0 Å². The summed E-state index contributed by atoms with van der Waals surface area (Å²) in [6, 6.07) is 13.9. The summed E-state index contributed by atoms with van der Waals surface area (Å²) in [6.07, 6.45) is 0. The fraction of sp³-hybridized carbons (Fsp3) is 0.294. The van der Waals surface area contributed by atoms with Gasteiger partial charge in [-0.15, -0.1) is 0 Å². The molecule has 2 aromatic rings. The first-order valence-electron chi connectivity index (χ1n) is 6.87. The smallest absolute Gasteiger partial charge is 0.161 e. The van der Waals surface area contributed by atoms with Crippen LogP contribution < -0.4 is 15.2 Å². The molecule has 0 atom stereocenters. The summed E-state index contributed by atoms with van der Waals surface area (Å²) in [5.41, 5.74) is 9.12. The molecule has 0 radical (unpaired) electrons. The molecule has 0 saturated heterocycles. The lowest BCUT2D eigenvalue weighted by atomic mass is 10.1. The molecule has 0 aliphatic carbocycles. The van der Waals surface area contributed by atoms with E-state index in [9.17, 15) is 0 Å². The third-order valence-corrected chi connectivity index (χ3v) is 3.40. The second kappa shape index (κ2) is 6.99. The van der Waals surface area contributed by atoms with Crippen molar-refractivity contribution in [1.82, 2.24) is 4.90 Å². The summed E-state index contributed by atoms with van der Waals surface area (Å²) in [7, 11) is 5.36. The molecule has 112 valence electrons. The predicted octanol–water partition coefficient (Wildman–Crippen LogP) is 2.92. The van der Waals surface area contributed by atoms with Crippen LogP contribution in [0.25, 0.3) is 0 Å². The van der Waals surface area contributed by atoms with Gasteiger partial charge in [-0.1, -0.05) is 24.3 Å². The van der Waals surface area contributed by atoms with Crippen molar-refractivity contribution in [3.8, 4) is 11.5 Å². The van der Waals surface area contributed by atoms with Gasteiger partial charge in [0, 0.05) is 18.8 Å². The third-order valence-electron chi connectivity index (χ3n) is 3.40. The van der Waals surface area contributed by atoms with Crippen LogP contribution in [0.2, 0.25) is 0 Å². The zero-order chi connectivity index (χ0) is 15.2. The Balaban J connectivity index is 2.06. The quantitative estimate of drug-likeness (QED) is 0.829. The van der Waals surface area contributed by atoms with Gasteiger partial charge in [0.2, 0.25) is 0 Å². The van der Waals surface area contributed by atoms with Crippen molar-refractivity contribution in [1.29, 1.82) is 0 Å².